The Labute approximate surface area is 101 Å². The molecule has 0 bridgehead atoms. The van der Waals surface area contributed by atoms with Crippen molar-refractivity contribution in [2.45, 2.75) is 31.2 Å². The molecule has 1 fully saturated rings. The molecule has 0 amide bonds. The van der Waals surface area contributed by atoms with Crippen molar-refractivity contribution in [3.63, 3.8) is 0 Å². The molecule has 17 heavy (non-hydrogen) atoms. The molecule has 0 heterocycles. The van der Waals surface area contributed by atoms with Gasteiger partial charge in [-0.3, -0.25) is 0 Å². The number of para-hydroxylation sites is 1. The Balaban J connectivity index is 1.78. The number of hydrogen-bond donors (Lipinski definition) is 1. The fourth-order valence-corrected chi connectivity index (χ4v) is 2.04. The van der Waals surface area contributed by atoms with Crippen LogP contribution in [0.4, 0.5) is 4.79 Å². The molecule has 0 aliphatic heterocycles. The van der Waals surface area contributed by atoms with Crippen molar-refractivity contribution in [2.24, 2.45) is 5.73 Å². The summed E-state index contributed by atoms with van der Waals surface area (Å²) in [6.45, 7) is 0.235. The molecule has 1 aromatic carbocycles. The van der Waals surface area contributed by atoms with Crippen LogP contribution in [0.1, 0.15) is 25.7 Å². The summed E-state index contributed by atoms with van der Waals surface area (Å²) in [6, 6.07) is 8.85. The Morgan fingerprint density at radius 3 is 2.53 bits per heavy atom. The first kappa shape index (κ1) is 11.9. The van der Waals surface area contributed by atoms with E-state index in [-0.39, 0.29) is 12.1 Å². The summed E-state index contributed by atoms with van der Waals surface area (Å²) in [5, 5.41) is 0. The van der Waals surface area contributed by atoms with Crippen molar-refractivity contribution in [3.8, 4) is 5.75 Å². The molecular weight excluding hydrogens is 218 g/mol. The highest BCUT2D eigenvalue weighted by Gasteiger charge is 2.31. The second kappa shape index (κ2) is 5.19. The van der Waals surface area contributed by atoms with E-state index < -0.39 is 6.16 Å². The standard InChI is InChI=1S/C13H17NO3/c14-13(8-4-5-9-13)10-16-12(15)17-11-6-2-1-3-7-11/h1-3,6-7H,4-5,8-10,14H2. The van der Waals surface area contributed by atoms with Crippen LogP contribution in [-0.2, 0) is 4.74 Å². The predicted molar refractivity (Wildman–Crippen MR) is 63.8 cm³/mol. The van der Waals surface area contributed by atoms with Gasteiger partial charge in [-0.2, -0.15) is 0 Å². The predicted octanol–water partition coefficient (Wildman–Crippen LogP) is 2.47. The normalized spacial score (nSPS) is 17.7. The number of carbonyl (C=O) groups excluding carboxylic acids is 1. The number of nitrogens with two attached hydrogens (primary N) is 1. The number of benzene rings is 1. The lowest BCUT2D eigenvalue weighted by Gasteiger charge is -2.22. The van der Waals surface area contributed by atoms with Crippen molar-refractivity contribution in [3.05, 3.63) is 30.3 Å². The van der Waals surface area contributed by atoms with Gasteiger partial charge < -0.3 is 15.2 Å². The highest BCUT2D eigenvalue weighted by atomic mass is 16.7. The summed E-state index contributed by atoms with van der Waals surface area (Å²) in [5.74, 6) is 0.481. The van der Waals surface area contributed by atoms with Crippen LogP contribution in [0.3, 0.4) is 0 Å². The van der Waals surface area contributed by atoms with Gasteiger partial charge in [-0.05, 0) is 25.0 Å². The molecule has 0 saturated heterocycles. The molecule has 0 atom stereocenters. The number of rotatable bonds is 3. The van der Waals surface area contributed by atoms with Crippen LogP contribution in [0.5, 0.6) is 5.75 Å². The molecule has 1 aliphatic carbocycles. The van der Waals surface area contributed by atoms with Gasteiger partial charge in [0.05, 0.1) is 5.54 Å². The first-order valence-corrected chi connectivity index (χ1v) is 5.87. The van der Waals surface area contributed by atoms with E-state index in [0.29, 0.717) is 5.75 Å². The zero-order chi connectivity index (χ0) is 12.1. The molecule has 0 spiro atoms. The lowest BCUT2D eigenvalue weighted by molar-refractivity contribution is 0.0773. The largest absolute Gasteiger partial charge is 0.513 e. The summed E-state index contributed by atoms with van der Waals surface area (Å²) >= 11 is 0. The Morgan fingerprint density at radius 1 is 1.24 bits per heavy atom. The van der Waals surface area contributed by atoms with E-state index in [1.165, 1.54) is 0 Å². The lowest BCUT2D eigenvalue weighted by atomic mass is 10.0. The molecule has 0 unspecified atom stereocenters. The maximum atomic E-state index is 11.4. The third-order valence-corrected chi connectivity index (χ3v) is 3.02. The molecule has 1 aliphatic rings. The van der Waals surface area contributed by atoms with Crippen molar-refractivity contribution < 1.29 is 14.3 Å². The van der Waals surface area contributed by atoms with Gasteiger partial charge in [0.15, 0.2) is 0 Å². The molecule has 0 radical (unpaired) electrons. The first-order chi connectivity index (χ1) is 8.18. The highest BCUT2D eigenvalue weighted by Crippen LogP contribution is 2.27. The quantitative estimate of drug-likeness (QED) is 0.645. The zero-order valence-corrected chi connectivity index (χ0v) is 9.72. The summed E-state index contributed by atoms with van der Waals surface area (Å²) < 4.78 is 10.0. The van der Waals surface area contributed by atoms with E-state index in [9.17, 15) is 4.79 Å². The van der Waals surface area contributed by atoms with Gasteiger partial charge in [0.1, 0.15) is 12.4 Å². The average Bonchev–Trinajstić information content (AvgIpc) is 2.76. The molecule has 1 saturated carbocycles. The highest BCUT2D eigenvalue weighted by molar-refractivity contribution is 5.63. The first-order valence-electron chi connectivity index (χ1n) is 5.87. The summed E-state index contributed by atoms with van der Waals surface area (Å²) in [6.07, 6.45) is 3.34. The van der Waals surface area contributed by atoms with E-state index in [0.717, 1.165) is 25.7 Å². The molecular formula is C13H17NO3. The minimum atomic E-state index is -0.687. The Kier molecular flexibility index (Phi) is 3.64. The van der Waals surface area contributed by atoms with Gasteiger partial charge in [0.2, 0.25) is 0 Å². The number of ether oxygens (including phenoxy) is 2. The molecule has 1 aromatic rings. The van der Waals surface area contributed by atoms with Crippen LogP contribution in [0, 0.1) is 0 Å². The molecule has 4 heteroatoms. The van der Waals surface area contributed by atoms with Crippen LogP contribution in [-0.4, -0.2) is 18.3 Å². The van der Waals surface area contributed by atoms with Gasteiger partial charge in [-0.1, -0.05) is 31.0 Å². The van der Waals surface area contributed by atoms with E-state index >= 15 is 0 Å². The Morgan fingerprint density at radius 2 is 1.88 bits per heavy atom. The van der Waals surface area contributed by atoms with Gasteiger partial charge >= 0.3 is 6.16 Å². The molecule has 2 N–H and O–H groups in total. The summed E-state index contributed by atoms with van der Waals surface area (Å²) in [7, 11) is 0. The molecule has 0 aromatic heterocycles. The smallest absolute Gasteiger partial charge is 0.432 e. The average molecular weight is 235 g/mol. The van der Waals surface area contributed by atoms with Crippen molar-refractivity contribution >= 4 is 6.16 Å². The maximum absolute atomic E-state index is 11.4. The minimum Gasteiger partial charge on any atom is -0.432 e. The van der Waals surface area contributed by atoms with E-state index in [1.54, 1.807) is 24.3 Å². The van der Waals surface area contributed by atoms with E-state index in [1.807, 2.05) is 6.07 Å². The fraction of sp³-hybridized carbons (Fsp3) is 0.462. The molecule has 4 nitrogen and oxygen atoms in total. The maximum Gasteiger partial charge on any atom is 0.513 e. The third kappa shape index (κ3) is 3.46. The summed E-state index contributed by atoms with van der Waals surface area (Å²) in [5.41, 5.74) is 5.72. The third-order valence-electron chi connectivity index (χ3n) is 3.02. The van der Waals surface area contributed by atoms with Gasteiger partial charge in [0.25, 0.3) is 0 Å². The minimum absolute atomic E-state index is 0.235. The van der Waals surface area contributed by atoms with Crippen LogP contribution in [0.2, 0.25) is 0 Å². The SMILES string of the molecule is NC1(COC(=O)Oc2ccccc2)CCCC1. The van der Waals surface area contributed by atoms with Gasteiger partial charge in [0, 0.05) is 0 Å². The molecule has 92 valence electrons. The Bertz CT molecular complexity index is 372. The number of hydrogen-bond acceptors (Lipinski definition) is 4. The summed E-state index contributed by atoms with van der Waals surface area (Å²) in [4.78, 5) is 11.4. The van der Waals surface area contributed by atoms with E-state index in [2.05, 4.69) is 0 Å². The van der Waals surface area contributed by atoms with Crippen molar-refractivity contribution in [1.82, 2.24) is 0 Å². The van der Waals surface area contributed by atoms with Crippen LogP contribution in [0.15, 0.2) is 30.3 Å². The van der Waals surface area contributed by atoms with Crippen LogP contribution < -0.4 is 10.5 Å². The van der Waals surface area contributed by atoms with Crippen molar-refractivity contribution in [2.75, 3.05) is 6.61 Å². The zero-order valence-electron chi connectivity index (χ0n) is 9.72. The second-order valence-corrected chi connectivity index (χ2v) is 4.52. The lowest BCUT2D eigenvalue weighted by Crippen LogP contribution is -2.42. The fourth-order valence-electron chi connectivity index (χ4n) is 2.04. The molecule has 2 rings (SSSR count). The second-order valence-electron chi connectivity index (χ2n) is 4.52. The van der Waals surface area contributed by atoms with Crippen LogP contribution >= 0.6 is 0 Å². The topological polar surface area (TPSA) is 61.5 Å². The number of carbonyl (C=O) groups is 1. The monoisotopic (exact) mass is 235 g/mol. The van der Waals surface area contributed by atoms with Gasteiger partial charge in [-0.25, -0.2) is 4.79 Å². The van der Waals surface area contributed by atoms with Crippen molar-refractivity contribution in [1.29, 1.82) is 0 Å². The Hall–Kier alpha value is -1.55. The van der Waals surface area contributed by atoms with Crippen LogP contribution in [0.25, 0.3) is 0 Å². The van der Waals surface area contributed by atoms with Gasteiger partial charge in [-0.15, -0.1) is 0 Å². The van der Waals surface area contributed by atoms with E-state index in [4.69, 9.17) is 15.2 Å².